The average molecular weight is 252 g/mol. The highest BCUT2D eigenvalue weighted by Gasteiger charge is 2.37. The standard InChI is InChI=1S/C17H16O2/c1-10-9-11(2)14-15(13-7-5-4-6-8-13)17(18)19-16(14)12(10)3/h4-9,15H,1-3H3/t15-/m0/s1. The van der Waals surface area contributed by atoms with Crippen molar-refractivity contribution < 1.29 is 9.53 Å². The van der Waals surface area contributed by atoms with E-state index < -0.39 is 0 Å². The van der Waals surface area contributed by atoms with Crippen molar-refractivity contribution in [1.29, 1.82) is 0 Å². The van der Waals surface area contributed by atoms with Crippen molar-refractivity contribution in [2.75, 3.05) is 0 Å². The van der Waals surface area contributed by atoms with Crippen LogP contribution in [-0.2, 0) is 4.79 Å². The SMILES string of the molecule is Cc1cc(C)c2c(c1C)OC(=O)[C@H]2c1ccccc1. The zero-order chi connectivity index (χ0) is 13.6. The maximum atomic E-state index is 12.2. The summed E-state index contributed by atoms with van der Waals surface area (Å²) in [5, 5.41) is 0. The number of hydrogen-bond acceptors (Lipinski definition) is 2. The molecule has 0 saturated carbocycles. The van der Waals surface area contributed by atoms with Gasteiger partial charge < -0.3 is 4.74 Å². The van der Waals surface area contributed by atoms with Crippen molar-refractivity contribution in [2.45, 2.75) is 26.7 Å². The Morgan fingerprint density at radius 2 is 1.68 bits per heavy atom. The van der Waals surface area contributed by atoms with Crippen LogP contribution in [0.4, 0.5) is 0 Å². The molecule has 0 fully saturated rings. The van der Waals surface area contributed by atoms with Gasteiger partial charge in [-0.25, -0.2) is 0 Å². The summed E-state index contributed by atoms with van der Waals surface area (Å²) >= 11 is 0. The van der Waals surface area contributed by atoms with E-state index in [0.29, 0.717) is 0 Å². The quantitative estimate of drug-likeness (QED) is 0.572. The van der Waals surface area contributed by atoms with Crippen LogP contribution < -0.4 is 4.74 Å². The minimum Gasteiger partial charge on any atom is -0.425 e. The molecule has 0 spiro atoms. The van der Waals surface area contributed by atoms with Crippen LogP contribution in [0, 0.1) is 20.8 Å². The Kier molecular flexibility index (Phi) is 2.67. The maximum Gasteiger partial charge on any atom is 0.323 e. The average Bonchev–Trinajstić information content (AvgIpc) is 2.75. The van der Waals surface area contributed by atoms with Crippen molar-refractivity contribution in [2.24, 2.45) is 0 Å². The summed E-state index contributed by atoms with van der Waals surface area (Å²) in [5.74, 6) is 0.310. The summed E-state index contributed by atoms with van der Waals surface area (Å²) in [6, 6.07) is 12.0. The first-order chi connectivity index (χ1) is 9.09. The number of rotatable bonds is 1. The number of ether oxygens (including phenoxy) is 1. The monoisotopic (exact) mass is 252 g/mol. The number of carbonyl (C=O) groups excluding carboxylic acids is 1. The molecule has 0 unspecified atom stereocenters. The molecule has 1 heterocycles. The molecule has 0 N–H and O–H groups in total. The fraction of sp³-hybridized carbons (Fsp3) is 0.235. The van der Waals surface area contributed by atoms with Crippen molar-refractivity contribution in [3.05, 3.63) is 64.2 Å². The lowest BCUT2D eigenvalue weighted by molar-refractivity contribution is -0.133. The molecule has 3 rings (SSSR count). The summed E-state index contributed by atoms with van der Waals surface area (Å²) in [7, 11) is 0. The molecular weight excluding hydrogens is 236 g/mol. The highest BCUT2D eigenvalue weighted by molar-refractivity contribution is 5.91. The molecule has 0 aromatic heterocycles. The van der Waals surface area contributed by atoms with E-state index in [4.69, 9.17) is 4.74 Å². The van der Waals surface area contributed by atoms with E-state index in [0.717, 1.165) is 33.6 Å². The summed E-state index contributed by atoms with van der Waals surface area (Å²) < 4.78 is 5.53. The summed E-state index contributed by atoms with van der Waals surface area (Å²) in [5.41, 5.74) is 5.37. The zero-order valence-corrected chi connectivity index (χ0v) is 11.4. The minimum atomic E-state index is -0.282. The second-order valence-electron chi connectivity index (χ2n) is 5.14. The number of benzene rings is 2. The molecule has 19 heavy (non-hydrogen) atoms. The minimum absolute atomic E-state index is 0.169. The van der Waals surface area contributed by atoms with E-state index in [2.05, 4.69) is 6.07 Å². The number of carbonyl (C=O) groups is 1. The van der Waals surface area contributed by atoms with Crippen molar-refractivity contribution in [1.82, 2.24) is 0 Å². The van der Waals surface area contributed by atoms with Crippen molar-refractivity contribution in [3.63, 3.8) is 0 Å². The molecule has 0 aliphatic carbocycles. The molecule has 0 bridgehead atoms. The smallest absolute Gasteiger partial charge is 0.323 e. The number of hydrogen-bond donors (Lipinski definition) is 0. The van der Waals surface area contributed by atoms with Gasteiger partial charge in [0.05, 0.1) is 0 Å². The third-order valence-corrected chi connectivity index (χ3v) is 3.89. The summed E-state index contributed by atoms with van der Waals surface area (Å²) in [4.78, 5) is 12.2. The van der Waals surface area contributed by atoms with Gasteiger partial charge in [0.1, 0.15) is 11.7 Å². The topological polar surface area (TPSA) is 26.3 Å². The predicted molar refractivity (Wildman–Crippen MR) is 74.6 cm³/mol. The first kappa shape index (κ1) is 12.0. The molecule has 1 aliphatic rings. The Hall–Kier alpha value is -2.09. The van der Waals surface area contributed by atoms with Crippen LogP contribution in [-0.4, -0.2) is 5.97 Å². The molecule has 0 saturated heterocycles. The van der Waals surface area contributed by atoms with E-state index in [1.54, 1.807) is 0 Å². The van der Waals surface area contributed by atoms with Gasteiger partial charge in [0.15, 0.2) is 0 Å². The first-order valence-electron chi connectivity index (χ1n) is 6.47. The molecule has 2 aromatic carbocycles. The summed E-state index contributed by atoms with van der Waals surface area (Å²) in [6.45, 7) is 6.10. The third-order valence-electron chi connectivity index (χ3n) is 3.89. The number of esters is 1. The Balaban J connectivity index is 2.23. The molecule has 2 aromatic rings. The second kappa shape index (κ2) is 4.23. The molecule has 2 heteroatoms. The van der Waals surface area contributed by atoms with Gasteiger partial charge >= 0.3 is 5.97 Å². The fourth-order valence-corrected chi connectivity index (χ4v) is 2.79. The predicted octanol–water partition coefficient (Wildman–Crippen LogP) is 3.66. The fourth-order valence-electron chi connectivity index (χ4n) is 2.79. The van der Waals surface area contributed by atoms with Crippen LogP contribution in [0.2, 0.25) is 0 Å². The third kappa shape index (κ3) is 1.75. The number of aryl methyl sites for hydroxylation is 2. The lowest BCUT2D eigenvalue weighted by Crippen LogP contribution is -2.11. The normalized spacial score (nSPS) is 17.2. The van der Waals surface area contributed by atoms with Crippen LogP contribution in [0.5, 0.6) is 5.75 Å². The van der Waals surface area contributed by atoms with E-state index in [1.807, 2.05) is 51.1 Å². The van der Waals surface area contributed by atoms with Crippen LogP contribution in [0.25, 0.3) is 0 Å². The maximum absolute atomic E-state index is 12.2. The molecular formula is C17H16O2. The van der Waals surface area contributed by atoms with E-state index >= 15 is 0 Å². The molecule has 0 radical (unpaired) electrons. The zero-order valence-electron chi connectivity index (χ0n) is 11.4. The van der Waals surface area contributed by atoms with Gasteiger partial charge in [-0.3, -0.25) is 4.79 Å². The molecule has 1 aliphatic heterocycles. The number of fused-ring (bicyclic) bond motifs is 1. The Morgan fingerprint density at radius 3 is 2.37 bits per heavy atom. The lowest BCUT2D eigenvalue weighted by Gasteiger charge is -2.12. The Bertz CT molecular complexity index is 657. The van der Waals surface area contributed by atoms with Gasteiger partial charge in [-0.2, -0.15) is 0 Å². The Labute approximate surface area is 113 Å². The van der Waals surface area contributed by atoms with Gasteiger partial charge in [-0.1, -0.05) is 36.4 Å². The van der Waals surface area contributed by atoms with Crippen molar-refractivity contribution >= 4 is 5.97 Å². The van der Waals surface area contributed by atoms with Gasteiger partial charge in [-0.05, 0) is 43.0 Å². The van der Waals surface area contributed by atoms with Crippen LogP contribution in [0.3, 0.4) is 0 Å². The van der Waals surface area contributed by atoms with Crippen LogP contribution >= 0.6 is 0 Å². The van der Waals surface area contributed by atoms with Gasteiger partial charge in [0, 0.05) is 5.56 Å². The highest BCUT2D eigenvalue weighted by Crippen LogP contribution is 2.44. The Morgan fingerprint density at radius 1 is 1.00 bits per heavy atom. The molecule has 96 valence electrons. The highest BCUT2D eigenvalue weighted by atomic mass is 16.5. The largest absolute Gasteiger partial charge is 0.425 e. The van der Waals surface area contributed by atoms with Crippen LogP contribution in [0.15, 0.2) is 36.4 Å². The van der Waals surface area contributed by atoms with Gasteiger partial charge in [-0.15, -0.1) is 0 Å². The van der Waals surface area contributed by atoms with Gasteiger partial charge in [0.25, 0.3) is 0 Å². The van der Waals surface area contributed by atoms with E-state index in [-0.39, 0.29) is 11.9 Å². The molecule has 1 atom stereocenters. The van der Waals surface area contributed by atoms with E-state index in [9.17, 15) is 4.79 Å². The van der Waals surface area contributed by atoms with Gasteiger partial charge in [0.2, 0.25) is 0 Å². The van der Waals surface area contributed by atoms with Crippen LogP contribution in [0.1, 0.15) is 33.7 Å². The lowest BCUT2D eigenvalue weighted by atomic mass is 9.87. The second-order valence-corrected chi connectivity index (χ2v) is 5.14. The van der Waals surface area contributed by atoms with E-state index in [1.165, 1.54) is 0 Å². The van der Waals surface area contributed by atoms with Crippen molar-refractivity contribution in [3.8, 4) is 5.75 Å². The molecule has 0 amide bonds. The first-order valence-corrected chi connectivity index (χ1v) is 6.47. The molecule has 2 nitrogen and oxygen atoms in total. The summed E-state index contributed by atoms with van der Waals surface area (Å²) in [6.07, 6.45) is 0.